The SMILES string of the molecule is CNC(=S)OC1CN2CCC1C2. The molecule has 2 heterocycles. The van der Waals surface area contributed by atoms with Gasteiger partial charge in [0.25, 0.3) is 5.17 Å². The van der Waals surface area contributed by atoms with Crippen LogP contribution in [-0.4, -0.2) is 42.9 Å². The molecule has 2 saturated heterocycles. The Kier molecular flexibility index (Phi) is 2.19. The standard InChI is InChI=1S/C8H14N2OS/c1-9-8(12)11-7-5-10-3-2-6(7)4-10/h6-7H,2-5H2,1H3,(H,9,12). The van der Waals surface area contributed by atoms with E-state index in [0.29, 0.717) is 11.3 Å². The van der Waals surface area contributed by atoms with E-state index in [0.717, 1.165) is 12.5 Å². The van der Waals surface area contributed by atoms with E-state index in [9.17, 15) is 0 Å². The summed E-state index contributed by atoms with van der Waals surface area (Å²) in [5.74, 6) is 0.719. The van der Waals surface area contributed by atoms with Crippen molar-refractivity contribution in [1.29, 1.82) is 0 Å². The Labute approximate surface area is 78.1 Å². The van der Waals surface area contributed by atoms with Gasteiger partial charge in [-0.25, -0.2) is 0 Å². The third kappa shape index (κ3) is 1.41. The van der Waals surface area contributed by atoms with Gasteiger partial charge in [-0.05, 0) is 25.2 Å². The number of ether oxygens (including phenoxy) is 1. The van der Waals surface area contributed by atoms with Crippen LogP contribution in [-0.2, 0) is 4.74 Å². The molecule has 3 atom stereocenters. The summed E-state index contributed by atoms with van der Waals surface area (Å²) in [7, 11) is 1.80. The Hall–Kier alpha value is -0.350. The zero-order valence-corrected chi connectivity index (χ0v) is 8.06. The highest BCUT2D eigenvalue weighted by Gasteiger charge is 2.39. The molecule has 3 nitrogen and oxygen atoms in total. The smallest absolute Gasteiger partial charge is 0.256 e. The number of hydrogen-bond donors (Lipinski definition) is 1. The number of nitrogens with zero attached hydrogens (tertiary/aromatic N) is 1. The topological polar surface area (TPSA) is 24.5 Å². The van der Waals surface area contributed by atoms with Crippen LogP contribution in [0, 0.1) is 5.92 Å². The summed E-state index contributed by atoms with van der Waals surface area (Å²) in [6, 6.07) is 0. The molecule has 2 rings (SSSR count). The summed E-state index contributed by atoms with van der Waals surface area (Å²) in [4.78, 5) is 2.44. The Morgan fingerprint density at radius 1 is 1.58 bits per heavy atom. The Bertz CT molecular complexity index is 197. The van der Waals surface area contributed by atoms with Crippen molar-refractivity contribution in [1.82, 2.24) is 10.2 Å². The highest BCUT2D eigenvalue weighted by atomic mass is 32.1. The summed E-state index contributed by atoms with van der Waals surface area (Å²) < 4.78 is 5.57. The lowest BCUT2D eigenvalue weighted by Crippen LogP contribution is -2.34. The molecule has 68 valence electrons. The average Bonchev–Trinajstić information content (AvgIpc) is 2.64. The summed E-state index contributed by atoms with van der Waals surface area (Å²) in [6.07, 6.45) is 1.62. The van der Waals surface area contributed by atoms with Gasteiger partial charge in [0, 0.05) is 26.1 Å². The first-order valence-electron chi connectivity index (χ1n) is 4.40. The van der Waals surface area contributed by atoms with E-state index < -0.39 is 0 Å². The van der Waals surface area contributed by atoms with Gasteiger partial charge in [0.2, 0.25) is 0 Å². The van der Waals surface area contributed by atoms with Crippen LogP contribution in [0.5, 0.6) is 0 Å². The van der Waals surface area contributed by atoms with E-state index in [1.165, 1.54) is 19.5 Å². The maximum atomic E-state index is 5.57. The van der Waals surface area contributed by atoms with Crippen molar-refractivity contribution in [2.75, 3.05) is 26.7 Å². The fraction of sp³-hybridized carbons (Fsp3) is 0.875. The van der Waals surface area contributed by atoms with Crippen molar-refractivity contribution in [2.24, 2.45) is 5.92 Å². The Balaban J connectivity index is 1.86. The van der Waals surface area contributed by atoms with Crippen LogP contribution in [0.4, 0.5) is 0 Å². The molecular formula is C8H14N2OS. The second kappa shape index (κ2) is 3.18. The predicted octanol–water partition coefficient (Wildman–Crippen LogP) is 0.211. The molecule has 3 unspecified atom stereocenters. The van der Waals surface area contributed by atoms with Crippen molar-refractivity contribution in [3.8, 4) is 0 Å². The number of fused-ring (bicyclic) bond motifs is 2. The Morgan fingerprint density at radius 2 is 2.42 bits per heavy atom. The molecule has 0 aromatic heterocycles. The molecule has 4 heteroatoms. The second-order valence-electron chi connectivity index (χ2n) is 3.50. The van der Waals surface area contributed by atoms with Crippen LogP contribution < -0.4 is 5.32 Å². The normalized spacial score (nSPS) is 38.2. The fourth-order valence-corrected chi connectivity index (χ4v) is 2.19. The van der Waals surface area contributed by atoms with Gasteiger partial charge in [-0.2, -0.15) is 0 Å². The minimum absolute atomic E-state index is 0.346. The van der Waals surface area contributed by atoms with Crippen LogP contribution in [0.15, 0.2) is 0 Å². The predicted molar refractivity (Wildman–Crippen MR) is 51.1 cm³/mol. The summed E-state index contributed by atoms with van der Waals surface area (Å²) in [6.45, 7) is 3.51. The van der Waals surface area contributed by atoms with Gasteiger partial charge in [-0.15, -0.1) is 0 Å². The van der Waals surface area contributed by atoms with Crippen molar-refractivity contribution < 1.29 is 4.74 Å². The Morgan fingerprint density at radius 3 is 2.92 bits per heavy atom. The zero-order chi connectivity index (χ0) is 8.55. The minimum atomic E-state index is 0.346. The van der Waals surface area contributed by atoms with E-state index in [4.69, 9.17) is 17.0 Å². The highest BCUT2D eigenvalue weighted by Crippen LogP contribution is 2.29. The van der Waals surface area contributed by atoms with Crippen LogP contribution in [0.1, 0.15) is 6.42 Å². The number of thiocarbonyl (C=S) groups is 1. The van der Waals surface area contributed by atoms with Gasteiger partial charge in [0.15, 0.2) is 0 Å². The first kappa shape index (κ1) is 8.26. The summed E-state index contributed by atoms with van der Waals surface area (Å²) >= 11 is 4.96. The fourth-order valence-electron chi connectivity index (χ4n) is 2.07. The molecule has 0 amide bonds. The van der Waals surface area contributed by atoms with E-state index in [1.54, 1.807) is 7.05 Å². The first-order chi connectivity index (χ1) is 5.79. The van der Waals surface area contributed by atoms with Crippen LogP contribution in [0.3, 0.4) is 0 Å². The number of rotatable bonds is 1. The van der Waals surface area contributed by atoms with Crippen molar-refractivity contribution >= 4 is 17.4 Å². The van der Waals surface area contributed by atoms with Crippen molar-refractivity contribution in [3.63, 3.8) is 0 Å². The molecule has 2 aliphatic rings. The lowest BCUT2D eigenvalue weighted by Gasteiger charge is -2.22. The van der Waals surface area contributed by atoms with E-state index >= 15 is 0 Å². The molecule has 2 aliphatic heterocycles. The lowest BCUT2D eigenvalue weighted by molar-refractivity contribution is 0.129. The second-order valence-corrected chi connectivity index (χ2v) is 3.87. The minimum Gasteiger partial charge on any atom is -0.466 e. The van der Waals surface area contributed by atoms with E-state index in [2.05, 4.69) is 10.2 Å². The zero-order valence-electron chi connectivity index (χ0n) is 7.25. The molecule has 1 N–H and O–H groups in total. The summed E-state index contributed by atoms with van der Waals surface area (Å²) in [5.41, 5.74) is 0. The van der Waals surface area contributed by atoms with Gasteiger partial charge in [0.1, 0.15) is 6.10 Å². The van der Waals surface area contributed by atoms with Gasteiger partial charge in [0.05, 0.1) is 0 Å². The van der Waals surface area contributed by atoms with E-state index in [1.807, 2.05) is 0 Å². The average molecular weight is 186 g/mol. The third-order valence-electron chi connectivity index (χ3n) is 2.74. The summed E-state index contributed by atoms with van der Waals surface area (Å²) in [5, 5.41) is 3.38. The molecule has 0 spiro atoms. The molecule has 2 bridgehead atoms. The molecule has 0 saturated carbocycles. The maximum absolute atomic E-state index is 5.57. The first-order valence-corrected chi connectivity index (χ1v) is 4.81. The van der Waals surface area contributed by atoms with Crippen LogP contribution in [0.25, 0.3) is 0 Å². The number of hydrogen-bond acceptors (Lipinski definition) is 3. The largest absolute Gasteiger partial charge is 0.466 e. The number of piperidine rings is 1. The van der Waals surface area contributed by atoms with Gasteiger partial charge in [-0.3, -0.25) is 4.90 Å². The van der Waals surface area contributed by atoms with Crippen LogP contribution >= 0.6 is 12.2 Å². The molecule has 0 aromatic carbocycles. The monoisotopic (exact) mass is 186 g/mol. The lowest BCUT2D eigenvalue weighted by atomic mass is 10.0. The third-order valence-corrected chi connectivity index (χ3v) is 3.04. The molecule has 0 aliphatic carbocycles. The van der Waals surface area contributed by atoms with Gasteiger partial charge >= 0.3 is 0 Å². The van der Waals surface area contributed by atoms with Crippen molar-refractivity contribution in [3.05, 3.63) is 0 Å². The highest BCUT2D eigenvalue weighted by molar-refractivity contribution is 7.80. The number of nitrogens with one attached hydrogen (secondary N) is 1. The molecule has 0 aromatic rings. The molecule has 12 heavy (non-hydrogen) atoms. The molecular weight excluding hydrogens is 172 g/mol. The van der Waals surface area contributed by atoms with Gasteiger partial charge in [-0.1, -0.05) is 0 Å². The molecule has 2 fully saturated rings. The quantitative estimate of drug-likeness (QED) is 0.592. The van der Waals surface area contributed by atoms with Gasteiger partial charge < -0.3 is 10.1 Å². The van der Waals surface area contributed by atoms with E-state index in [-0.39, 0.29) is 0 Å². The van der Waals surface area contributed by atoms with Crippen LogP contribution in [0.2, 0.25) is 0 Å². The van der Waals surface area contributed by atoms with Crippen molar-refractivity contribution in [2.45, 2.75) is 12.5 Å². The molecule has 0 radical (unpaired) electrons. The maximum Gasteiger partial charge on any atom is 0.256 e.